The lowest BCUT2D eigenvalue weighted by atomic mass is 10.1. The zero-order chi connectivity index (χ0) is 21.7. The molecular weight excluding hydrogens is 444 g/mol. The monoisotopic (exact) mass is 462 g/mol. The lowest BCUT2D eigenvalue weighted by molar-refractivity contribution is -0.116. The topological polar surface area (TPSA) is 93.2 Å². The van der Waals surface area contributed by atoms with Crippen molar-refractivity contribution in [2.45, 2.75) is 24.7 Å². The maximum Gasteiger partial charge on any atom is 0.226 e. The quantitative estimate of drug-likeness (QED) is 0.482. The number of nitrogens with zero attached hydrogens (tertiary/aromatic N) is 1. The second kappa shape index (κ2) is 9.51. The number of aromatic nitrogens is 1. The Kier molecular flexibility index (Phi) is 7.02. The molecule has 0 saturated carbocycles. The van der Waals surface area contributed by atoms with E-state index in [9.17, 15) is 18.0 Å². The number of nitrogens with one attached hydrogen (secondary N) is 1. The van der Waals surface area contributed by atoms with Crippen LogP contribution in [0.2, 0.25) is 5.02 Å². The summed E-state index contributed by atoms with van der Waals surface area (Å²) in [6, 6.07) is 15.2. The van der Waals surface area contributed by atoms with Crippen LogP contribution in [0.1, 0.15) is 29.4 Å². The summed E-state index contributed by atoms with van der Waals surface area (Å²) in [5, 5.41) is 3.43. The van der Waals surface area contributed by atoms with Crippen LogP contribution in [0.25, 0.3) is 11.3 Å². The molecule has 1 aromatic heterocycles. The lowest BCUT2D eigenvalue weighted by Gasteiger charge is -2.05. The molecule has 1 amide bonds. The van der Waals surface area contributed by atoms with Gasteiger partial charge >= 0.3 is 0 Å². The van der Waals surface area contributed by atoms with E-state index in [4.69, 9.17) is 11.6 Å². The van der Waals surface area contributed by atoms with Crippen LogP contribution in [0.3, 0.4) is 0 Å². The van der Waals surface area contributed by atoms with Gasteiger partial charge in [0, 0.05) is 23.9 Å². The van der Waals surface area contributed by atoms with E-state index in [2.05, 4.69) is 10.3 Å². The van der Waals surface area contributed by atoms with Crippen molar-refractivity contribution in [3.05, 3.63) is 64.5 Å². The molecule has 0 unspecified atom stereocenters. The molecule has 0 fully saturated rings. The largest absolute Gasteiger partial charge is 0.302 e. The molecule has 0 bridgehead atoms. The van der Waals surface area contributed by atoms with Crippen molar-refractivity contribution in [2.24, 2.45) is 0 Å². The molecule has 1 heterocycles. The van der Waals surface area contributed by atoms with Crippen LogP contribution in [0.15, 0.2) is 59.5 Å². The maximum absolute atomic E-state index is 12.3. The van der Waals surface area contributed by atoms with E-state index in [1.54, 1.807) is 0 Å². The summed E-state index contributed by atoms with van der Waals surface area (Å²) in [7, 11) is -3.49. The van der Waals surface area contributed by atoms with E-state index in [1.807, 2.05) is 30.3 Å². The number of ketones is 1. The second-order valence-electron chi connectivity index (χ2n) is 6.54. The van der Waals surface area contributed by atoms with Gasteiger partial charge in [0.2, 0.25) is 5.91 Å². The summed E-state index contributed by atoms with van der Waals surface area (Å²) in [6.07, 6.45) is 0.176. The van der Waals surface area contributed by atoms with Crippen LogP contribution in [0.5, 0.6) is 0 Å². The molecule has 0 saturated heterocycles. The number of carbonyl (C=O) groups excluding carboxylic acids is 2. The van der Waals surface area contributed by atoms with Gasteiger partial charge < -0.3 is 5.32 Å². The second-order valence-corrected chi connectivity index (χ2v) is 10.1. The SMILES string of the molecule is CC(=O)c1sc(NC(=O)CCCS(=O)(=O)c2ccc(Cl)cc2)nc1-c1ccccc1. The summed E-state index contributed by atoms with van der Waals surface area (Å²) in [5.74, 6) is -0.654. The Bertz CT molecular complexity index is 1160. The van der Waals surface area contributed by atoms with Crippen LogP contribution in [-0.4, -0.2) is 30.8 Å². The van der Waals surface area contributed by atoms with Gasteiger partial charge in [0.05, 0.1) is 21.2 Å². The Morgan fingerprint density at radius 1 is 1.07 bits per heavy atom. The van der Waals surface area contributed by atoms with Crippen molar-refractivity contribution >= 4 is 49.6 Å². The number of Topliss-reactive ketones (excluding diaryl/α,β-unsaturated/α-hetero) is 1. The predicted molar refractivity (Wildman–Crippen MR) is 119 cm³/mol. The van der Waals surface area contributed by atoms with Crippen molar-refractivity contribution < 1.29 is 18.0 Å². The van der Waals surface area contributed by atoms with Gasteiger partial charge in [-0.25, -0.2) is 13.4 Å². The molecule has 3 rings (SSSR count). The molecule has 0 aliphatic rings. The fourth-order valence-corrected chi connectivity index (χ4v) is 5.10. The fraction of sp³-hybridized carbons (Fsp3) is 0.190. The number of rotatable bonds is 8. The molecular formula is C21H19ClN2O4S2. The Balaban J connectivity index is 1.62. The highest BCUT2D eigenvalue weighted by Gasteiger charge is 2.19. The van der Waals surface area contributed by atoms with Crippen LogP contribution >= 0.6 is 22.9 Å². The minimum Gasteiger partial charge on any atom is -0.302 e. The first-order valence-electron chi connectivity index (χ1n) is 9.11. The smallest absolute Gasteiger partial charge is 0.226 e. The Labute approximate surface area is 183 Å². The van der Waals surface area contributed by atoms with Crippen LogP contribution in [0.4, 0.5) is 5.13 Å². The Hall–Kier alpha value is -2.55. The molecule has 3 aromatic rings. The molecule has 6 nitrogen and oxygen atoms in total. The van der Waals surface area contributed by atoms with Gasteiger partial charge in [0.25, 0.3) is 0 Å². The van der Waals surface area contributed by atoms with Gasteiger partial charge in [-0.15, -0.1) is 0 Å². The summed E-state index contributed by atoms with van der Waals surface area (Å²) < 4.78 is 24.7. The molecule has 2 aromatic carbocycles. The van der Waals surface area contributed by atoms with Gasteiger partial charge in [0.1, 0.15) is 0 Å². The third kappa shape index (κ3) is 5.53. The zero-order valence-corrected chi connectivity index (χ0v) is 18.5. The molecule has 0 atom stereocenters. The highest BCUT2D eigenvalue weighted by atomic mass is 35.5. The van der Waals surface area contributed by atoms with Crippen molar-refractivity contribution in [3.8, 4) is 11.3 Å². The van der Waals surface area contributed by atoms with Gasteiger partial charge in [-0.1, -0.05) is 53.3 Å². The molecule has 0 aliphatic carbocycles. The van der Waals surface area contributed by atoms with E-state index in [0.717, 1.165) is 16.9 Å². The zero-order valence-electron chi connectivity index (χ0n) is 16.1. The van der Waals surface area contributed by atoms with Crippen LogP contribution in [-0.2, 0) is 14.6 Å². The van der Waals surface area contributed by atoms with Gasteiger partial charge in [-0.3, -0.25) is 9.59 Å². The molecule has 9 heteroatoms. The number of hydrogen-bond donors (Lipinski definition) is 1. The summed E-state index contributed by atoms with van der Waals surface area (Å²) in [4.78, 5) is 29.2. The number of anilines is 1. The summed E-state index contributed by atoms with van der Waals surface area (Å²) in [5.41, 5.74) is 1.31. The molecule has 0 spiro atoms. The number of benzene rings is 2. The average molecular weight is 463 g/mol. The van der Waals surface area contributed by atoms with Crippen molar-refractivity contribution in [3.63, 3.8) is 0 Å². The number of sulfone groups is 1. The van der Waals surface area contributed by atoms with Crippen molar-refractivity contribution in [1.29, 1.82) is 0 Å². The minimum absolute atomic E-state index is 0.0163. The first-order valence-corrected chi connectivity index (χ1v) is 12.0. The Morgan fingerprint density at radius 2 is 1.73 bits per heavy atom. The van der Waals surface area contributed by atoms with E-state index in [0.29, 0.717) is 20.7 Å². The fourth-order valence-electron chi connectivity index (χ4n) is 2.77. The molecule has 0 radical (unpaired) electrons. The highest BCUT2D eigenvalue weighted by molar-refractivity contribution is 7.91. The van der Waals surface area contributed by atoms with Crippen LogP contribution in [0, 0.1) is 0 Å². The number of thiazole rings is 1. The normalized spacial score (nSPS) is 11.3. The highest BCUT2D eigenvalue weighted by Crippen LogP contribution is 2.31. The third-order valence-corrected chi connectivity index (χ3v) is 7.37. The molecule has 30 heavy (non-hydrogen) atoms. The minimum atomic E-state index is -3.49. The maximum atomic E-state index is 12.3. The molecule has 1 N–H and O–H groups in total. The van der Waals surface area contributed by atoms with Crippen molar-refractivity contribution in [1.82, 2.24) is 4.98 Å². The number of amides is 1. The first-order chi connectivity index (χ1) is 14.3. The average Bonchev–Trinajstić information content (AvgIpc) is 3.13. The number of carbonyl (C=O) groups is 2. The van der Waals surface area contributed by atoms with Gasteiger partial charge in [0.15, 0.2) is 20.8 Å². The Morgan fingerprint density at radius 3 is 2.37 bits per heavy atom. The summed E-state index contributed by atoms with van der Waals surface area (Å²) >= 11 is 6.89. The van der Waals surface area contributed by atoms with Gasteiger partial charge in [-0.05, 0) is 30.7 Å². The number of hydrogen-bond acceptors (Lipinski definition) is 6. The van der Waals surface area contributed by atoms with Crippen LogP contribution < -0.4 is 5.32 Å². The predicted octanol–water partition coefficient (Wildman–Crippen LogP) is 4.86. The third-order valence-electron chi connectivity index (χ3n) is 4.23. The first kappa shape index (κ1) is 22.1. The van der Waals surface area contributed by atoms with E-state index in [-0.39, 0.29) is 35.2 Å². The van der Waals surface area contributed by atoms with E-state index in [1.165, 1.54) is 31.2 Å². The van der Waals surface area contributed by atoms with Crippen molar-refractivity contribution in [2.75, 3.05) is 11.1 Å². The van der Waals surface area contributed by atoms with Gasteiger partial charge in [-0.2, -0.15) is 0 Å². The van der Waals surface area contributed by atoms with E-state index >= 15 is 0 Å². The standard InChI is InChI=1S/C21H19ClN2O4S2/c1-14(25)20-19(15-6-3-2-4-7-15)24-21(29-20)23-18(26)8-5-13-30(27,28)17-11-9-16(22)10-12-17/h2-4,6-7,9-12H,5,8,13H2,1H3,(H,23,24,26). The van der Waals surface area contributed by atoms with E-state index < -0.39 is 9.84 Å². The lowest BCUT2D eigenvalue weighted by Crippen LogP contribution is -2.14. The molecule has 156 valence electrons. The number of halogens is 1. The summed E-state index contributed by atoms with van der Waals surface area (Å²) in [6.45, 7) is 1.45. The molecule has 0 aliphatic heterocycles.